The first-order valence-corrected chi connectivity index (χ1v) is 10.9. The van der Waals surface area contributed by atoms with Gasteiger partial charge in [-0.3, -0.25) is 0 Å². The number of nitrogens with one attached hydrogen (secondary N) is 2. The third kappa shape index (κ3) is 4.35. The van der Waals surface area contributed by atoms with Gasteiger partial charge in [0.1, 0.15) is 11.6 Å². The van der Waals surface area contributed by atoms with Gasteiger partial charge in [0.2, 0.25) is 5.95 Å². The lowest BCUT2D eigenvalue weighted by Gasteiger charge is -2.27. The Labute approximate surface area is 190 Å². The first kappa shape index (κ1) is 20.6. The second-order valence-corrected chi connectivity index (χ2v) is 8.16. The fraction of sp³-hybridized carbons (Fsp3) is 0.208. The second-order valence-electron chi connectivity index (χ2n) is 7.72. The normalized spacial score (nSPS) is 14.4. The number of anilines is 2. The minimum Gasteiger partial charge on any atom is -0.324 e. The maximum atomic E-state index is 13.5. The smallest absolute Gasteiger partial charge is 0.227 e. The van der Waals surface area contributed by atoms with E-state index in [0.29, 0.717) is 11.0 Å². The summed E-state index contributed by atoms with van der Waals surface area (Å²) in [6.07, 6.45) is 5.55. The number of nitrogens with zero attached hydrogens (tertiary/aromatic N) is 4. The van der Waals surface area contributed by atoms with Gasteiger partial charge in [-0.25, -0.2) is 19.3 Å². The van der Waals surface area contributed by atoms with Crippen LogP contribution in [0.5, 0.6) is 0 Å². The Morgan fingerprint density at radius 2 is 1.72 bits per heavy atom. The van der Waals surface area contributed by atoms with Crippen LogP contribution in [-0.4, -0.2) is 32.6 Å². The molecule has 2 aromatic carbocycles. The van der Waals surface area contributed by atoms with E-state index in [-0.39, 0.29) is 11.9 Å². The lowest BCUT2D eigenvalue weighted by molar-refractivity contribution is 0.373. The average Bonchev–Trinajstić information content (AvgIpc) is 3.27. The van der Waals surface area contributed by atoms with Crippen molar-refractivity contribution < 1.29 is 4.39 Å². The number of hydrogen-bond donors (Lipinski definition) is 2. The quantitative estimate of drug-likeness (QED) is 0.424. The van der Waals surface area contributed by atoms with Crippen LogP contribution in [0, 0.1) is 5.82 Å². The van der Waals surface area contributed by atoms with Gasteiger partial charge in [0.25, 0.3) is 0 Å². The van der Waals surface area contributed by atoms with Gasteiger partial charge in [-0.1, -0.05) is 11.6 Å². The van der Waals surface area contributed by atoms with Crippen LogP contribution in [0.3, 0.4) is 0 Å². The molecular weight excluding hydrogens is 427 g/mol. The zero-order valence-corrected chi connectivity index (χ0v) is 18.1. The average molecular weight is 449 g/mol. The van der Waals surface area contributed by atoms with Crippen molar-refractivity contribution in [1.29, 1.82) is 0 Å². The minimum absolute atomic E-state index is 0.261. The van der Waals surface area contributed by atoms with E-state index in [1.54, 1.807) is 18.3 Å². The van der Waals surface area contributed by atoms with Crippen LogP contribution in [0.15, 0.2) is 67.0 Å². The number of hydrogen-bond acceptors (Lipinski definition) is 5. The van der Waals surface area contributed by atoms with Crippen molar-refractivity contribution in [1.82, 2.24) is 24.8 Å². The summed E-state index contributed by atoms with van der Waals surface area (Å²) in [4.78, 5) is 13.8. The fourth-order valence-electron chi connectivity index (χ4n) is 4.02. The largest absolute Gasteiger partial charge is 0.324 e. The van der Waals surface area contributed by atoms with Crippen LogP contribution < -0.4 is 10.6 Å². The number of aromatic nitrogens is 4. The van der Waals surface area contributed by atoms with Crippen molar-refractivity contribution in [3.63, 3.8) is 0 Å². The molecule has 1 fully saturated rings. The van der Waals surface area contributed by atoms with E-state index in [1.165, 1.54) is 12.1 Å². The zero-order chi connectivity index (χ0) is 21.9. The zero-order valence-electron chi connectivity index (χ0n) is 17.3. The molecule has 1 aliphatic rings. The molecule has 2 aromatic heterocycles. The first-order chi connectivity index (χ1) is 15.7. The molecule has 0 radical (unpaired) electrons. The second kappa shape index (κ2) is 9.06. The van der Waals surface area contributed by atoms with E-state index in [1.807, 2.05) is 36.5 Å². The lowest BCUT2D eigenvalue weighted by atomic mass is 10.0. The Kier molecular flexibility index (Phi) is 5.83. The number of halogens is 2. The predicted molar refractivity (Wildman–Crippen MR) is 125 cm³/mol. The SMILES string of the molecule is Fc1ccc(-c2ncc(-c3ccnc(Nc4ccc(Cl)cc4)n3)n2C2CCNCC2)cc1. The molecule has 4 aromatic rings. The molecule has 0 saturated carbocycles. The van der Waals surface area contributed by atoms with E-state index >= 15 is 0 Å². The number of piperidine rings is 1. The molecule has 1 saturated heterocycles. The predicted octanol–water partition coefficient (Wildman–Crippen LogP) is 5.47. The Balaban J connectivity index is 1.54. The van der Waals surface area contributed by atoms with Crippen molar-refractivity contribution in [2.45, 2.75) is 18.9 Å². The van der Waals surface area contributed by atoms with E-state index in [2.05, 4.69) is 20.2 Å². The Bertz CT molecular complexity index is 1200. The van der Waals surface area contributed by atoms with Crippen LogP contribution in [0.25, 0.3) is 22.8 Å². The molecule has 3 heterocycles. The van der Waals surface area contributed by atoms with Crippen LogP contribution in [0.1, 0.15) is 18.9 Å². The highest BCUT2D eigenvalue weighted by atomic mass is 35.5. The Morgan fingerprint density at radius 3 is 2.47 bits per heavy atom. The molecule has 0 spiro atoms. The highest BCUT2D eigenvalue weighted by Crippen LogP contribution is 2.33. The summed E-state index contributed by atoms with van der Waals surface area (Å²) in [6.45, 7) is 1.89. The van der Waals surface area contributed by atoms with E-state index in [4.69, 9.17) is 21.6 Å². The van der Waals surface area contributed by atoms with Crippen LogP contribution in [0.2, 0.25) is 5.02 Å². The highest BCUT2D eigenvalue weighted by Gasteiger charge is 2.23. The molecule has 0 atom stereocenters. The van der Waals surface area contributed by atoms with Gasteiger partial charge in [0.15, 0.2) is 0 Å². The van der Waals surface area contributed by atoms with Crippen LogP contribution >= 0.6 is 11.6 Å². The fourth-order valence-corrected chi connectivity index (χ4v) is 4.15. The van der Waals surface area contributed by atoms with Crippen molar-refractivity contribution in [2.75, 3.05) is 18.4 Å². The van der Waals surface area contributed by atoms with Gasteiger partial charge in [0, 0.05) is 28.5 Å². The Morgan fingerprint density at radius 1 is 0.969 bits per heavy atom. The molecule has 32 heavy (non-hydrogen) atoms. The van der Waals surface area contributed by atoms with Crippen LogP contribution in [-0.2, 0) is 0 Å². The van der Waals surface area contributed by atoms with Gasteiger partial charge in [0.05, 0.1) is 17.6 Å². The first-order valence-electron chi connectivity index (χ1n) is 10.6. The van der Waals surface area contributed by atoms with E-state index in [0.717, 1.165) is 54.4 Å². The van der Waals surface area contributed by atoms with Gasteiger partial charge < -0.3 is 15.2 Å². The van der Waals surface area contributed by atoms with Gasteiger partial charge >= 0.3 is 0 Å². The van der Waals surface area contributed by atoms with Gasteiger partial charge in [-0.2, -0.15) is 0 Å². The van der Waals surface area contributed by atoms with E-state index in [9.17, 15) is 4.39 Å². The van der Waals surface area contributed by atoms with Crippen molar-refractivity contribution in [2.24, 2.45) is 0 Å². The van der Waals surface area contributed by atoms with Gasteiger partial charge in [-0.05, 0) is 80.5 Å². The molecule has 162 valence electrons. The minimum atomic E-state index is -0.261. The third-order valence-corrected chi connectivity index (χ3v) is 5.84. The summed E-state index contributed by atoms with van der Waals surface area (Å²) in [5, 5.41) is 7.31. The Hall–Kier alpha value is -3.29. The van der Waals surface area contributed by atoms with E-state index < -0.39 is 0 Å². The molecular formula is C24H22ClFN6. The topological polar surface area (TPSA) is 67.7 Å². The van der Waals surface area contributed by atoms with Crippen molar-refractivity contribution in [3.8, 4) is 22.8 Å². The molecule has 0 bridgehead atoms. The molecule has 8 heteroatoms. The molecule has 6 nitrogen and oxygen atoms in total. The molecule has 0 unspecified atom stereocenters. The number of imidazole rings is 1. The standard InChI is InChI=1S/C24H22ClFN6/c25-17-3-7-19(8-4-17)30-24-28-14-11-21(31-24)22-15-29-23(16-1-5-18(26)6-2-16)32(22)20-9-12-27-13-10-20/h1-8,11,14-15,20,27H,9-10,12-13H2,(H,28,30,31). The molecule has 0 amide bonds. The summed E-state index contributed by atoms with van der Waals surface area (Å²) >= 11 is 5.98. The molecule has 1 aliphatic heterocycles. The van der Waals surface area contributed by atoms with Crippen LogP contribution in [0.4, 0.5) is 16.0 Å². The van der Waals surface area contributed by atoms with Crippen molar-refractivity contribution >= 4 is 23.2 Å². The summed E-state index contributed by atoms with van der Waals surface area (Å²) in [5.74, 6) is 1.05. The maximum Gasteiger partial charge on any atom is 0.227 e. The summed E-state index contributed by atoms with van der Waals surface area (Å²) in [7, 11) is 0. The summed E-state index contributed by atoms with van der Waals surface area (Å²) in [6, 6.07) is 16.0. The third-order valence-electron chi connectivity index (χ3n) is 5.59. The number of rotatable bonds is 5. The van der Waals surface area contributed by atoms with Gasteiger partial charge in [-0.15, -0.1) is 0 Å². The lowest BCUT2D eigenvalue weighted by Crippen LogP contribution is -2.30. The molecule has 2 N–H and O–H groups in total. The monoisotopic (exact) mass is 448 g/mol. The maximum absolute atomic E-state index is 13.5. The van der Waals surface area contributed by atoms with Crippen molar-refractivity contribution in [3.05, 3.63) is 77.8 Å². The summed E-state index contributed by atoms with van der Waals surface area (Å²) in [5.41, 5.74) is 3.42. The number of benzene rings is 2. The molecule has 5 rings (SSSR count). The highest BCUT2D eigenvalue weighted by molar-refractivity contribution is 6.30. The summed E-state index contributed by atoms with van der Waals surface area (Å²) < 4.78 is 15.7. The molecule has 0 aliphatic carbocycles.